The Morgan fingerprint density at radius 1 is 1.44 bits per heavy atom. The monoisotopic (exact) mass is 219 g/mol. The van der Waals surface area contributed by atoms with Crippen molar-refractivity contribution in [3.63, 3.8) is 0 Å². The minimum atomic E-state index is -0.292. The fourth-order valence-electron chi connectivity index (χ4n) is 2.30. The Morgan fingerprint density at radius 3 is 2.88 bits per heavy atom. The number of rotatable bonds is 4. The Bertz CT molecular complexity index is 392. The third kappa shape index (κ3) is 2.02. The van der Waals surface area contributed by atoms with E-state index in [1.165, 1.54) is 11.3 Å². The number of carbonyl (C=O) groups excluding carboxylic acids is 1. The first-order valence-corrected chi connectivity index (χ1v) is 5.55. The molecule has 0 saturated carbocycles. The van der Waals surface area contributed by atoms with Gasteiger partial charge in [-0.2, -0.15) is 0 Å². The van der Waals surface area contributed by atoms with Gasteiger partial charge in [0.2, 0.25) is 5.91 Å². The highest BCUT2D eigenvalue weighted by atomic mass is 16.1. The molecule has 1 aromatic rings. The summed E-state index contributed by atoms with van der Waals surface area (Å²) in [6.45, 7) is 1.38. The number of hydrogen-bond acceptors (Lipinski definition) is 3. The minimum Gasteiger partial charge on any atom is -0.370 e. The summed E-state index contributed by atoms with van der Waals surface area (Å²) < 4.78 is 0. The molecule has 4 nitrogen and oxygen atoms in total. The maximum Gasteiger partial charge on any atom is 0.219 e. The van der Waals surface area contributed by atoms with Crippen LogP contribution in [0.5, 0.6) is 0 Å². The number of nitrogens with zero attached hydrogens (tertiary/aromatic N) is 1. The summed E-state index contributed by atoms with van der Waals surface area (Å²) in [4.78, 5) is 13.2. The van der Waals surface area contributed by atoms with E-state index in [-0.39, 0.29) is 11.9 Å². The zero-order chi connectivity index (χ0) is 11.5. The van der Waals surface area contributed by atoms with Crippen LogP contribution in [0, 0.1) is 0 Å². The van der Waals surface area contributed by atoms with Crippen molar-refractivity contribution in [1.29, 1.82) is 0 Å². The average molecular weight is 219 g/mol. The van der Waals surface area contributed by atoms with Crippen LogP contribution in [-0.4, -0.2) is 25.0 Å². The molecular weight excluding hydrogens is 202 g/mol. The third-order valence-corrected chi connectivity index (χ3v) is 3.07. The Hall–Kier alpha value is -1.55. The number of primary amides is 1. The SMILES string of the molecule is NCC(CC(N)=O)N1CCc2ccccc21. The molecule has 1 atom stereocenters. The maximum atomic E-state index is 11.0. The lowest BCUT2D eigenvalue weighted by molar-refractivity contribution is -0.118. The molecule has 1 amide bonds. The van der Waals surface area contributed by atoms with Gasteiger partial charge in [-0.15, -0.1) is 0 Å². The lowest BCUT2D eigenvalue weighted by atomic mass is 10.1. The number of hydrogen-bond donors (Lipinski definition) is 2. The van der Waals surface area contributed by atoms with Gasteiger partial charge in [0, 0.05) is 31.2 Å². The molecule has 0 saturated heterocycles. The van der Waals surface area contributed by atoms with Gasteiger partial charge in [-0.25, -0.2) is 0 Å². The van der Waals surface area contributed by atoms with Crippen LogP contribution >= 0.6 is 0 Å². The average Bonchev–Trinajstić information content (AvgIpc) is 2.69. The number of benzene rings is 1. The van der Waals surface area contributed by atoms with Gasteiger partial charge in [-0.3, -0.25) is 4.79 Å². The Morgan fingerprint density at radius 2 is 2.19 bits per heavy atom. The number of fused-ring (bicyclic) bond motifs is 1. The highest BCUT2D eigenvalue weighted by molar-refractivity contribution is 5.75. The van der Waals surface area contributed by atoms with Crippen molar-refractivity contribution in [2.45, 2.75) is 18.9 Å². The molecule has 4 heteroatoms. The van der Waals surface area contributed by atoms with Crippen molar-refractivity contribution in [2.75, 3.05) is 18.0 Å². The second-order valence-corrected chi connectivity index (χ2v) is 4.13. The van der Waals surface area contributed by atoms with Gasteiger partial charge in [0.1, 0.15) is 0 Å². The Kier molecular flexibility index (Phi) is 3.10. The molecule has 1 heterocycles. The van der Waals surface area contributed by atoms with Crippen molar-refractivity contribution in [3.8, 4) is 0 Å². The molecule has 2 rings (SSSR count). The van der Waals surface area contributed by atoms with Crippen LogP contribution in [0.3, 0.4) is 0 Å². The number of anilines is 1. The van der Waals surface area contributed by atoms with E-state index in [9.17, 15) is 4.79 Å². The molecule has 0 aliphatic carbocycles. The first kappa shape index (κ1) is 11.0. The third-order valence-electron chi connectivity index (χ3n) is 3.07. The highest BCUT2D eigenvalue weighted by Crippen LogP contribution is 2.29. The molecule has 0 bridgehead atoms. The zero-order valence-corrected chi connectivity index (χ0v) is 9.23. The maximum absolute atomic E-state index is 11.0. The van der Waals surface area contributed by atoms with Crippen LogP contribution in [0.4, 0.5) is 5.69 Å². The fraction of sp³-hybridized carbons (Fsp3) is 0.417. The smallest absolute Gasteiger partial charge is 0.219 e. The summed E-state index contributed by atoms with van der Waals surface area (Å²) in [6, 6.07) is 8.27. The molecule has 0 spiro atoms. The van der Waals surface area contributed by atoms with Crippen molar-refractivity contribution in [1.82, 2.24) is 0 Å². The molecule has 0 fully saturated rings. The van der Waals surface area contributed by atoms with Crippen LogP contribution < -0.4 is 16.4 Å². The van der Waals surface area contributed by atoms with E-state index in [0.717, 1.165) is 13.0 Å². The van der Waals surface area contributed by atoms with E-state index in [0.29, 0.717) is 13.0 Å². The second-order valence-electron chi connectivity index (χ2n) is 4.13. The normalized spacial score (nSPS) is 15.9. The van der Waals surface area contributed by atoms with Crippen LogP contribution in [0.2, 0.25) is 0 Å². The highest BCUT2D eigenvalue weighted by Gasteiger charge is 2.25. The molecule has 16 heavy (non-hydrogen) atoms. The van der Waals surface area contributed by atoms with Crippen molar-refractivity contribution < 1.29 is 4.79 Å². The van der Waals surface area contributed by atoms with Gasteiger partial charge < -0.3 is 16.4 Å². The standard InChI is InChI=1S/C12H17N3O/c13-8-10(7-12(14)16)15-6-5-9-3-1-2-4-11(9)15/h1-4,10H,5-8,13H2,(H2,14,16). The first-order chi connectivity index (χ1) is 7.72. The second kappa shape index (κ2) is 4.53. The predicted octanol–water partition coefficient (Wildman–Crippen LogP) is 0.252. The van der Waals surface area contributed by atoms with Gasteiger partial charge in [-0.05, 0) is 18.1 Å². The summed E-state index contributed by atoms with van der Waals surface area (Å²) in [5, 5.41) is 0. The number of nitrogens with two attached hydrogens (primary N) is 2. The van der Waals surface area contributed by atoms with E-state index in [2.05, 4.69) is 17.0 Å². The van der Waals surface area contributed by atoms with Gasteiger partial charge in [0.15, 0.2) is 0 Å². The van der Waals surface area contributed by atoms with Gasteiger partial charge in [0.05, 0.1) is 0 Å². The number of carbonyl (C=O) groups is 1. The molecule has 1 aliphatic rings. The van der Waals surface area contributed by atoms with Crippen LogP contribution in [-0.2, 0) is 11.2 Å². The van der Waals surface area contributed by atoms with E-state index in [1.54, 1.807) is 0 Å². The summed E-state index contributed by atoms with van der Waals surface area (Å²) >= 11 is 0. The summed E-state index contributed by atoms with van der Waals surface area (Å²) in [5.41, 5.74) is 13.5. The van der Waals surface area contributed by atoms with E-state index in [1.807, 2.05) is 12.1 Å². The summed E-state index contributed by atoms with van der Waals surface area (Å²) in [7, 11) is 0. The molecule has 0 aromatic heterocycles. The van der Waals surface area contributed by atoms with Crippen LogP contribution in [0.25, 0.3) is 0 Å². The Labute approximate surface area is 95.2 Å². The van der Waals surface area contributed by atoms with Gasteiger partial charge in [-0.1, -0.05) is 18.2 Å². The molecule has 1 aromatic carbocycles. The van der Waals surface area contributed by atoms with Gasteiger partial charge in [0.25, 0.3) is 0 Å². The van der Waals surface area contributed by atoms with Crippen molar-refractivity contribution in [3.05, 3.63) is 29.8 Å². The lowest BCUT2D eigenvalue weighted by Gasteiger charge is -2.28. The minimum absolute atomic E-state index is 0.0288. The lowest BCUT2D eigenvalue weighted by Crippen LogP contribution is -2.42. The molecule has 1 aliphatic heterocycles. The topological polar surface area (TPSA) is 72.3 Å². The zero-order valence-electron chi connectivity index (χ0n) is 9.23. The molecule has 0 radical (unpaired) electrons. The van der Waals surface area contributed by atoms with Crippen molar-refractivity contribution >= 4 is 11.6 Å². The Balaban J connectivity index is 2.19. The molecular formula is C12H17N3O. The largest absolute Gasteiger partial charge is 0.370 e. The fourth-order valence-corrected chi connectivity index (χ4v) is 2.30. The number of amides is 1. The number of para-hydroxylation sites is 1. The van der Waals surface area contributed by atoms with E-state index >= 15 is 0 Å². The first-order valence-electron chi connectivity index (χ1n) is 5.55. The summed E-state index contributed by atoms with van der Waals surface area (Å²) in [6.07, 6.45) is 1.34. The van der Waals surface area contributed by atoms with Crippen molar-refractivity contribution in [2.24, 2.45) is 11.5 Å². The van der Waals surface area contributed by atoms with Crippen LogP contribution in [0.1, 0.15) is 12.0 Å². The quantitative estimate of drug-likeness (QED) is 0.762. The predicted molar refractivity (Wildman–Crippen MR) is 64.1 cm³/mol. The molecule has 86 valence electrons. The van der Waals surface area contributed by atoms with E-state index in [4.69, 9.17) is 11.5 Å². The van der Waals surface area contributed by atoms with Gasteiger partial charge >= 0.3 is 0 Å². The summed E-state index contributed by atoms with van der Waals surface area (Å²) in [5.74, 6) is -0.292. The molecule has 1 unspecified atom stereocenters. The molecule has 4 N–H and O–H groups in total. The van der Waals surface area contributed by atoms with Crippen LogP contribution in [0.15, 0.2) is 24.3 Å². The van der Waals surface area contributed by atoms with E-state index < -0.39 is 0 Å².